The van der Waals surface area contributed by atoms with Crippen molar-refractivity contribution in [1.29, 1.82) is 0 Å². The molecule has 0 unspecified atom stereocenters. The molecule has 10 heteroatoms. The summed E-state index contributed by atoms with van der Waals surface area (Å²) in [5.41, 5.74) is 5.64. The Morgan fingerprint density at radius 3 is 2.60 bits per heavy atom. The van der Waals surface area contributed by atoms with Crippen molar-refractivity contribution in [3.05, 3.63) is 39.7 Å². The molecule has 6 nitrogen and oxygen atoms in total. The lowest BCUT2D eigenvalue weighted by molar-refractivity contribution is 0.570. The third-order valence-electron chi connectivity index (χ3n) is 2.21. The van der Waals surface area contributed by atoms with Crippen molar-refractivity contribution in [2.24, 2.45) is 0 Å². The second kappa shape index (κ2) is 5.51. The van der Waals surface area contributed by atoms with E-state index in [2.05, 4.69) is 30.8 Å². The largest absolute Gasteiger partial charge is 0.398 e. The highest BCUT2D eigenvalue weighted by molar-refractivity contribution is 9.10. The van der Waals surface area contributed by atoms with E-state index in [1.807, 2.05) is 0 Å². The molecule has 0 aliphatic carbocycles. The van der Waals surface area contributed by atoms with E-state index in [-0.39, 0.29) is 21.1 Å². The zero-order valence-corrected chi connectivity index (χ0v) is 12.8. The molecule has 0 saturated carbocycles. The van der Waals surface area contributed by atoms with Gasteiger partial charge in [0, 0.05) is 10.2 Å². The topological polar surface area (TPSA) is 98.0 Å². The van der Waals surface area contributed by atoms with Gasteiger partial charge in [-0.1, -0.05) is 11.6 Å². The predicted molar refractivity (Wildman–Crippen MR) is 76.4 cm³/mol. The van der Waals surface area contributed by atoms with Gasteiger partial charge in [-0.2, -0.15) is 0 Å². The molecule has 0 radical (unpaired) electrons. The molecule has 0 aliphatic heterocycles. The molecule has 0 bridgehead atoms. The van der Waals surface area contributed by atoms with Crippen LogP contribution in [0.25, 0.3) is 0 Å². The second-order valence-corrected chi connectivity index (χ2v) is 6.54. The van der Waals surface area contributed by atoms with Crippen LogP contribution in [0.3, 0.4) is 0 Å². The second-order valence-electron chi connectivity index (χ2n) is 3.65. The lowest BCUT2D eigenvalue weighted by Gasteiger charge is -2.09. The Hall–Kier alpha value is -1.45. The molecule has 0 saturated heterocycles. The van der Waals surface area contributed by atoms with Crippen LogP contribution in [0.5, 0.6) is 0 Å². The number of benzene rings is 1. The maximum atomic E-state index is 13.7. The third-order valence-corrected chi connectivity index (χ3v) is 4.47. The van der Waals surface area contributed by atoms with Crippen LogP contribution in [-0.2, 0) is 10.0 Å². The predicted octanol–water partition coefficient (Wildman–Crippen LogP) is 2.41. The number of nitrogens with one attached hydrogen (secondary N) is 1. The van der Waals surface area contributed by atoms with E-state index in [0.29, 0.717) is 0 Å². The third kappa shape index (κ3) is 3.17. The number of aromatic nitrogens is 2. The monoisotopic (exact) mass is 380 g/mol. The van der Waals surface area contributed by atoms with Crippen LogP contribution < -0.4 is 10.5 Å². The Bertz CT molecular complexity index is 755. The van der Waals surface area contributed by atoms with E-state index >= 15 is 0 Å². The first-order valence-corrected chi connectivity index (χ1v) is 7.71. The molecule has 3 N–H and O–H groups in total. The number of halogens is 3. The van der Waals surface area contributed by atoms with Gasteiger partial charge in [0.1, 0.15) is 10.7 Å². The normalized spacial score (nSPS) is 11.3. The van der Waals surface area contributed by atoms with Crippen LogP contribution in [-0.4, -0.2) is 18.6 Å². The fourth-order valence-corrected chi connectivity index (χ4v) is 2.82. The molecule has 1 aromatic carbocycles. The summed E-state index contributed by atoms with van der Waals surface area (Å²) in [6.07, 6.45) is 0. The van der Waals surface area contributed by atoms with Gasteiger partial charge in [0.15, 0.2) is 11.0 Å². The maximum Gasteiger partial charge on any atom is 0.266 e. The lowest BCUT2D eigenvalue weighted by Crippen LogP contribution is -2.16. The molecular formula is C10H7BrClFN4O2S. The number of nitrogens with zero attached hydrogens (tertiary/aromatic N) is 2. The van der Waals surface area contributed by atoms with Gasteiger partial charge in [-0.15, -0.1) is 10.2 Å². The molecule has 0 aliphatic rings. The van der Waals surface area contributed by atoms with Crippen molar-refractivity contribution >= 4 is 49.1 Å². The van der Waals surface area contributed by atoms with Gasteiger partial charge in [-0.3, -0.25) is 4.72 Å². The number of hydrogen-bond acceptors (Lipinski definition) is 5. The van der Waals surface area contributed by atoms with Gasteiger partial charge >= 0.3 is 0 Å². The summed E-state index contributed by atoms with van der Waals surface area (Å²) in [5, 5.41) is 7.10. The van der Waals surface area contributed by atoms with Crippen LogP contribution in [0.2, 0.25) is 5.15 Å². The van der Waals surface area contributed by atoms with Crippen molar-refractivity contribution in [2.45, 2.75) is 4.90 Å². The summed E-state index contributed by atoms with van der Waals surface area (Å²) in [5.74, 6) is -1.03. The quantitative estimate of drug-likeness (QED) is 0.796. The summed E-state index contributed by atoms with van der Waals surface area (Å²) in [6.45, 7) is 0. The number of nitrogen functional groups attached to an aromatic ring is 1. The summed E-state index contributed by atoms with van der Waals surface area (Å²) < 4.78 is 40.2. The minimum Gasteiger partial charge on any atom is -0.398 e. The zero-order chi connectivity index (χ0) is 14.9. The summed E-state index contributed by atoms with van der Waals surface area (Å²) in [4.78, 5) is -0.588. The number of sulfonamides is 1. The molecular weight excluding hydrogens is 375 g/mol. The van der Waals surface area contributed by atoms with Crippen molar-refractivity contribution in [2.75, 3.05) is 10.5 Å². The van der Waals surface area contributed by atoms with E-state index in [0.717, 1.165) is 12.1 Å². The average Bonchev–Trinajstić information content (AvgIpc) is 2.36. The van der Waals surface area contributed by atoms with Crippen LogP contribution >= 0.6 is 27.5 Å². The van der Waals surface area contributed by atoms with Crippen LogP contribution in [0, 0.1) is 5.82 Å². The Labute approximate surface area is 127 Å². The molecule has 1 heterocycles. The Balaban J connectivity index is 2.40. The summed E-state index contributed by atoms with van der Waals surface area (Å²) in [7, 11) is -4.17. The van der Waals surface area contributed by atoms with E-state index in [4.69, 9.17) is 17.3 Å². The Kier molecular flexibility index (Phi) is 4.11. The Morgan fingerprint density at radius 1 is 1.30 bits per heavy atom. The highest BCUT2D eigenvalue weighted by atomic mass is 79.9. The van der Waals surface area contributed by atoms with E-state index < -0.39 is 20.7 Å². The number of rotatable bonds is 3. The van der Waals surface area contributed by atoms with Crippen molar-refractivity contribution < 1.29 is 12.8 Å². The molecule has 0 spiro atoms. The highest BCUT2D eigenvalue weighted by Crippen LogP contribution is 2.27. The fraction of sp³-hybridized carbons (Fsp3) is 0. The smallest absolute Gasteiger partial charge is 0.266 e. The average molecular weight is 382 g/mol. The SMILES string of the molecule is Nc1cc(S(=O)(=O)Nc2ccc(Cl)nn2)c(F)cc1Br. The molecule has 20 heavy (non-hydrogen) atoms. The highest BCUT2D eigenvalue weighted by Gasteiger charge is 2.21. The number of nitrogens with two attached hydrogens (primary N) is 1. The summed E-state index contributed by atoms with van der Waals surface area (Å²) in [6, 6.07) is 4.62. The van der Waals surface area contributed by atoms with Gasteiger partial charge in [0.2, 0.25) is 0 Å². The molecule has 2 aromatic rings. The Morgan fingerprint density at radius 2 is 2.00 bits per heavy atom. The van der Waals surface area contributed by atoms with Crippen LogP contribution in [0.1, 0.15) is 0 Å². The standard InChI is InChI=1S/C10H7BrClFN4O2S/c11-5-3-6(13)8(4-7(5)14)20(18,19)17-10-2-1-9(12)15-16-10/h1-4H,14H2,(H,16,17). The first kappa shape index (κ1) is 14.9. The van der Waals surface area contributed by atoms with Gasteiger partial charge in [-0.05, 0) is 40.2 Å². The molecule has 0 fully saturated rings. The van der Waals surface area contributed by atoms with Crippen molar-refractivity contribution in [3.63, 3.8) is 0 Å². The lowest BCUT2D eigenvalue weighted by atomic mass is 10.3. The fourth-order valence-electron chi connectivity index (χ4n) is 1.31. The van der Waals surface area contributed by atoms with Crippen molar-refractivity contribution in [1.82, 2.24) is 10.2 Å². The van der Waals surface area contributed by atoms with E-state index in [1.165, 1.54) is 12.1 Å². The van der Waals surface area contributed by atoms with Gasteiger partial charge in [0.25, 0.3) is 10.0 Å². The minimum atomic E-state index is -4.17. The van der Waals surface area contributed by atoms with Crippen LogP contribution in [0.15, 0.2) is 33.6 Å². The maximum absolute atomic E-state index is 13.7. The van der Waals surface area contributed by atoms with Gasteiger partial charge < -0.3 is 5.73 Å². The van der Waals surface area contributed by atoms with E-state index in [9.17, 15) is 12.8 Å². The molecule has 0 atom stereocenters. The van der Waals surface area contributed by atoms with Gasteiger partial charge in [0.05, 0.1) is 0 Å². The van der Waals surface area contributed by atoms with Crippen LogP contribution in [0.4, 0.5) is 15.9 Å². The van der Waals surface area contributed by atoms with E-state index in [1.54, 1.807) is 0 Å². The molecule has 1 aromatic heterocycles. The summed E-state index contributed by atoms with van der Waals surface area (Å²) >= 11 is 8.54. The minimum absolute atomic E-state index is 0.0877. The molecule has 2 rings (SSSR count). The zero-order valence-electron chi connectivity index (χ0n) is 9.64. The first-order chi connectivity index (χ1) is 9.29. The number of hydrogen-bond donors (Lipinski definition) is 2. The molecule has 106 valence electrons. The number of anilines is 2. The molecule has 0 amide bonds. The van der Waals surface area contributed by atoms with Gasteiger partial charge in [-0.25, -0.2) is 12.8 Å². The first-order valence-electron chi connectivity index (χ1n) is 5.06. The van der Waals surface area contributed by atoms with Crippen molar-refractivity contribution in [3.8, 4) is 0 Å².